The molecule has 2 atom stereocenters. The first-order valence-corrected chi connectivity index (χ1v) is 5.19. The van der Waals surface area contributed by atoms with Gasteiger partial charge in [0.05, 0.1) is 12.1 Å². The molecule has 1 aliphatic rings. The lowest BCUT2D eigenvalue weighted by atomic mass is 10.2. The average molecular weight is 200 g/mol. The second kappa shape index (κ2) is 5.32. The Morgan fingerprint density at radius 2 is 2.36 bits per heavy atom. The number of carbonyl (C=O) groups excluding carboxylic acids is 1. The molecule has 0 spiro atoms. The molecule has 0 saturated carbocycles. The van der Waals surface area contributed by atoms with Crippen molar-refractivity contribution in [2.45, 2.75) is 31.9 Å². The van der Waals surface area contributed by atoms with Crippen LogP contribution in [0.25, 0.3) is 0 Å². The van der Waals surface area contributed by atoms with Gasteiger partial charge < -0.3 is 10.1 Å². The molecule has 2 unspecified atom stereocenters. The van der Waals surface area contributed by atoms with Gasteiger partial charge in [-0.25, -0.2) is 0 Å². The van der Waals surface area contributed by atoms with E-state index in [1.807, 2.05) is 7.05 Å². The standard InChI is InChI=1S/C10H20N2O2/c1-4-5-11-10(13)9-6-8(14-3)7-12(9)2/h8-9H,4-7H2,1-3H3,(H,11,13). The van der Waals surface area contributed by atoms with Gasteiger partial charge in [-0.05, 0) is 19.9 Å². The molecule has 1 saturated heterocycles. The minimum Gasteiger partial charge on any atom is -0.380 e. The molecule has 1 amide bonds. The minimum atomic E-state index is -0.00787. The van der Waals surface area contributed by atoms with Crippen molar-refractivity contribution in [3.8, 4) is 0 Å². The molecule has 0 aromatic carbocycles. The Morgan fingerprint density at radius 3 is 2.86 bits per heavy atom. The van der Waals surface area contributed by atoms with Crippen LogP contribution in [0.3, 0.4) is 0 Å². The van der Waals surface area contributed by atoms with Gasteiger partial charge in [-0.2, -0.15) is 0 Å². The van der Waals surface area contributed by atoms with E-state index in [1.165, 1.54) is 0 Å². The fraction of sp³-hybridized carbons (Fsp3) is 0.900. The summed E-state index contributed by atoms with van der Waals surface area (Å²) in [4.78, 5) is 13.7. The Bertz CT molecular complexity index is 197. The van der Waals surface area contributed by atoms with Crippen LogP contribution in [0.15, 0.2) is 0 Å². The number of rotatable bonds is 4. The Labute approximate surface area is 85.6 Å². The van der Waals surface area contributed by atoms with Crippen molar-refractivity contribution >= 4 is 5.91 Å². The summed E-state index contributed by atoms with van der Waals surface area (Å²) in [6, 6.07) is -0.00787. The molecule has 1 aliphatic heterocycles. The third-order valence-electron chi connectivity index (χ3n) is 2.70. The summed E-state index contributed by atoms with van der Waals surface area (Å²) < 4.78 is 5.24. The number of hydrogen-bond acceptors (Lipinski definition) is 3. The highest BCUT2D eigenvalue weighted by molar-refractivity contribution is 5.82. The quantitative estimate of drug-likeness (QED) is 0.706. The molecule has 1 rings (SSSR count). The summed E-state index contributed by atoms with van der Waals surface area (Å²) >= 11 is 0. The number of nitrogens with one attached hydrogen (secondary N) is 1. The molecule has 0 aliphatic carbocycles. The van der Waals surface area contributed by atoms with Gasteiger partial charge in [0.15, 0.2) is 0 Å². The maximum absolute atomic E-state index is 11.7. The summed E-state index contributed by atoms with van der Waals surface area (Å²) in [5.74, 6) is 0.133. The monoisotopic (exact) mass is 200 g/mol. The van der Waals surface area contributed by atoms with E-state index < -0.39 is 0 Å². The van der Waals surface area contributed by atoms with Crippen LogP contribution in [0, 0.1) is 0 Å². The first kappa shape index (κ1) is 11.5. The molecule has 1 fully saturated rings. The van der Waals surface area contributed by atoms with Crippen LogP contribution in [0.5, 0.6) is 0 Å². The highest BCUT2D eigenvalue weighted by Gasteiger charge is 2.33. The predicted molar refractivity (Wildman–Crippen MR) is 55.1 cm³/mol. The normalized spacial score (nSPS) is 27.9. The van der Waals surface area contributed by atoms with Crippen molar-refractivity contribution in [1.82, 2.24) is 10.2 Å². The van der Waals surface area contributed by atoms with E-state index in [0.29, 0.717) is 0 Å². The van der Waals surface area contributed by atoms with Crippen molar-refractivity contribution in [2.75, 3.05) is 27.2 Å². The summed E-state index contributed by atoms with van der Waals surface area (Å²) in [5, 5.41) is 2.91. The number of amides is 1. The molecular formula is C10H20N2O2. The Kier molecular flexibility index (Phi) is 4.35. The van der Waals surface area contributed by atoms with Crippen LogP contribution in [-0.4, -0.2) is 50.2 Å². The second-order valence-electron chi connectivity index (χ2n) is 3.84. The van der Waals surface area contributed by atoms with Crippen molar-refractivity contribution in [3.63, 3.8) is 0 Å². The maximum Gasteiger partial charge on any atom is 0.237 e. The lowest BCUT2D eigenvalue weighted by Gasteiger charge is -2.17. The molecule has 0 aromatic rings. The average Bonchev–Trinajstić information content (AvgIpc) is 2.56. The fourth-order valence-electron chi connectivity index (χ4n) is 1.80. The van der Waals surface area contributed by atoms with Crippen molar-refractivity contribution in [3.05, 3.63) is 0 Å². The van der Waals surface area contributed by atoms with Crippen LogP contribution >= 0.6 is 0 Å². The van der Waals surface area contributed by atoms with Crippen LogP contribution in [-0.2, 0) is 9.53 Å². The Balaban J connectivity index is 2.40. The molecule has 0 bridgehead atoms. The van der Waals surface area contributed by atoms with Crippen LogP contribution in [0.1, 0.15) is 19.8 Å². The van der Waals surface area contributed by atoms with Crippen molar-refractivity contribution < 1.29 is 9.53 Å². The molecule has 4 nitrogen and oxygen atoms in total. The van der Waals surface area contributed by atoms with Gasteiger partial charge >= 0.3 is 0 Å². The third-order valence-corrected chi connectivity index (χ3v) is 2.70. The van der Waals surface area contributed by atoms with Gasteiger partial charge in [0.1, 0.15) is 0 Å². The molecule has 1 N–H and O–H groups in total. The summed E-state index contributed by atoms with van der Waals surface area (Å²) in [6.45, 7) is 3.66. The predicted octanol–water partition coefficient (Wildman–Crippen LogP) is 0.232. The smallest absolute Gasteiger partial charge is 0.237 e. The summed E-state index contributed by atoms with van der Waals surface area (Å²) in [7, 11) is 3.67. The van der Waals surface area contributed by atoms with E-state index in [1.54, 1.807) is 7.11 Å². The number of ether oxygens (including phenoxy) is 1. The lowest BCUT2D eigenvalue weighted by Crippen LogP contribution is -2.41. The third kappa shape index (κ3) is 2.69. The van der Waals surface area contributed by atoms with Gasteiger partial charge in [0.2, 0.25) is 5.91 Å². The van der Waals surface area contributed by atoms with Gasteiger partial charge in [-0.1, -0.05) is 6.92 Å². The van der Waals surface area contributed by atoms with Gasteiger partial charge in [-0.15, -0.1) is 0 Å². The Hall–Kier alpha value is -0.610. The molecular weight excluding hydrogens is 180 g/mol. The highest BCUT2D eigenvalue weighted by atomic mass is 16.5. The number of likely N-dealkylation sites (tertiary alicyclic amines) is 1. The lowest BCUT2D eigenvalue weighted by molar-refractivity contribution is -0.125. The fourth-order valence-corrected chi connectivity index (χ4v) is 1.80. The molecule has 82 valence electrons. The van der Waals surface area contributed by atoms with E-state index in [2.05, 4.69) is 17.1 Å². The molecule has 14 heavy (non-hydrogen) atoms. The van der Waals surface area contributed by atoms with E-state index in [0.717, 1.165) is 25.9 Å². The van der Waals surface area contributed by atoms with Gasteiger partial charge in [0, 0.05) is 20.2 Å². The van der Waals surface area contributed by atoms with E-state index in [-0.39, 0.29) is 18.1 Å². The minimum absolute atomic E-state index is 0.00787. The van der Waals surface area contributed by atoms with E-state index in [4.69, 9.17) is 4.74 Å². The van der Waals surface area contributed by atoms with Gasteiger partial charge in [0.25, 0.3) is 0 Å². The Morgan fingerprint density at radius 1 is 1.64 bits per heavy atom. The van der Waals surface area contributed by atoms with Crippen LogP contribution in [0.2, 0.25) is 0 Å². The topological polar surface area (TPSA) is 41.6 Å². The number of hydrogen-bond donors (Lipinski definition) is 1. The first-order valence-electron chi connectivity index (χ1n) is 5.19. The van der Waals surface area contributed by atoms with Crippen LogP contribution in [0.4, 0.5) is 0 Å². The second-order valence-corrected chi connectivity index (χ2v) is 3.84. The highest BCUT2D eigenvalue weighted by Crippen LogP contribution is 2.17. The van der Waals surface area contributed by atoms with Crippen molar-refractivity contribution in [1.29, 1.82) is 0 Å². The number of likely N-dealkylation sites (N-methyl/N-ethyl adjacent to an activating group) is 1. The zero-order valence-electron chi connectivity index (χ0n) is 9.25. The SMILES string of the molecule is CCCNC(=O)C1CC(OC)CN1C. The molecule has 0 aromatic heterocycles. The zero-order chi connectivity index (χ0) is 10.6. The maximum atomic E-state index is 11.7. The van der Waals surface area contributed by atoms with E-state index >= 15 is 0 Å². The summed E-state index contributed by atoms with van der Waals surface area (Å²) in [6.07, 6.45) is 2.00. The molecule has 0 radical (unpaired) electrons. The molecule has 4 heteroatoms. The van der Waals surface area contributed by atoms with Gasteiger partial charge in [-0.3, -0.25) is 9.69 Å². The molecule has 1 heterocycles. The number of nitrogens with zero attached hydrogens (tertiary/aromatic N) is 1. The number of methoxy groups -OCH3 is 1. The summed E-state index contributed by atoms with van der Waals surface area (Å²) in [5.41, 5.74) is 0. The first-order chi connectivity index (χ1) is 6.69. The van der Waals surface area contributed by atoms with Crippen molar-refractivity contribution in [2.24, 2.45) is 0 Å². The largest absolute Gasteiger partial charge is 0.380 e. The zero-order valence-corrected chi connectivity index (χ0v) is 9.25. The number of carbonyl (C=O) groups is 1. The van der Waals surface area contributed by atoms with E-state index in [9.17, 15) is 4.79 Å². The van der Waals surface area contributed by atoms with Crippen LogP contribution < -0.4 is 5.32 Å².